The number of carboxylic acid groups (broad SMARTS) is 1. The molecule has 3 aromatic carbocycles. The van der Waals surface area contributed by atoms with Crippen LogP contribution in [0.5, 0.6) is 5.75 Å². The van der Waals surface area contributed by atoms with Crippen molar-refractivity contribution in [3.05, 3.63) is 69.7 Å². The van der Waals surface area contributed by atoms with Crippen molar-refractivity contribution in [2.45, 2.75) is 6.54 Å². The van der Waals surface area contributed by atoms with Gasteiger partial charge >= 0.3 is 5.97 Å². The second-order valence-electron chi connectivity index (χ2n) is 5.37. The third-order valence-electron chi connectivity index (χ3n) is 3.61. The van der Waals surface area contributed by atoms with Gasteiger partial charge < -0.3 is 15.5 Å². The normalized spacial score (nSPS) is 10.8. The zero-order valence-electron chi connectivity index (χ0n) is 12.4. The highest BCUT2D eigenvalue weighted by Gasteiger charge is 2.11. The number of rotatable bonds is 4. The molecule has 0 heterocycles. The zero-order valence-corrected chi connectivity index (χ0v) is 13.9. The van der Waals surface area contributed by atoms with Crippen molar-refractivity contribution >= 4 is 45.6 Å². The second-order valence-corrected chi connectivity index (χ2v) is 6.24. The number of nitrogens with one attached hydrogen (secondary N) is 1. The van der Waals surface area contributed by atoms with Crippen LogP contribution in [0, 0.1) is 0 Å². The molecule has 0 spiro atoms. The fraction of sp³-hybridized carbons (Fsp3) is 0.0556. The number of aromatic hydroxyl groups is 1. The first kappa shape index (κ1) is 16.4. The van der Waals surface area contributed by atoms with Crippen molar-refractivity contribution in [3.8, 4) is 5.75 Å². The van der Waals surface area contributed by atoms with Crippen LogP contribution in [-0.4, -0.2) is 16.2 Å². The number of hydrogen-bond acceptors (Lipinski definition) is 3. The van der Waals surface area contributed by atoms with Gasteiger partial charge in [-0.05, 0) is 52.7 Å². The second kappa shape index (κ2) is 6.59. The maximum atomic E-state index is 11.1. The Labute approximate surface area is 148 Å². The Kier molecular flexibility index (Phi) is 4.51. The summed E-state index contributed by atoms with van der Waals surface area (Å²) >= 11 is 11.9. The lowest BCUT2D eigenvalue weighted by atomic mass is 10.0. The summed E-state index contributed by atoms with van der Waals surface area (Å²) in [4.78, 5) is 11.1. The van der Waals surface area contributed by atoms with E-state index in [1.165, 1.54) is 12.1 Å². The summed E-state index contributed by atoms with van der Waals surface area (Å²) in [5.41, 5.74) is 1.64. The molecule has 3 N–H and O–H groups in total. The first-order valence-electron chi connectivity index (χ1n) is 7.11. The summed E-state index contributed by atoms with van der Waals surface area (Å²) in [6.07, 6.45) is 0. The van der Waals surface area contributed by atoms with Crippen molar-refractivity contribution < 1.29 is 15.0 Å². The van der Waals surface area contributed by atoms with E-state index in [2.05, 4.69) is 5.32 Å². The number of fused-ring (bicyclic) bond motifs is 1. The molecule has 0 aliphatic heterocycles. The third-order valence-corrected chi connectivity index (χ3v) is 4.05. The summed E-state index contributed by atoms with van der Waals surface area (Å²) in [6.45, 7) is 0.524. The van der Waals surface area contributed by atoms with Gasteiger partial charge in [0, 0.05) is 22.3 Å². The van der Waals surface area contributed by atoms with Crippen molar-refractivity contribution in [2.24, 2.45) is 0 Å². The van der Waals surface area contributed by atoms with Crippen LogP contribution >= 0.6 is 23.2 Å². The predicted molar refractivity (Wildman–Crippen MR) is 96.4 cm³/mol. The van der Waals surface area contributed by atoms with Gasteiger partial charge in [-0.1, -0.05) is 35.3 Å². The SMILES string of the molecule is O=C(O)c1cc2cc(CNc3cc(Cl)cc(Cl)c3)ccc2cc1O. The molecule has 6 heteroatoms. The van der Waals surface area contributed by atoms with E-state index in [-0.39, 0.29) is 11.3 Å². The first-order valence-corrected chi connectivity index (χ1v) is 7.87. The largest absolute Gasteiger partial charge is 0.507 e. The molecular weight excluding hydrogens is 349 g/mol. The molecule has 122 valence electrons. The number of benzene rings is 3. The molecule has 0 radical (unpaired) electrons. The highest BCUT2D eigenvalue weighted by Crippen LogP contribution is 2.27. The molecule has 3 rings (SSSR count). The maximum Gasteiger partial charge on any atom is 0.339 e. The summed E-state index contributed by atoms with van der Waals surface area (Å²) in [7, 11) is 0. The summed E-state index contributed by atoms with van der Waals surface area (Å²) in [5.74, 6) is -1.40. The number of phenols is 1. The molecule has 0 amide bonds. The van der Waals surface area contributed by atoms with E-state index in [0.29, 0.717) is 16.6 Å². The van der Waals surface area contributed by atoms with Crippen LogP contribution in [0.15, 0.2) is 48.5 Å². The van der Waals surface area contributed by atoms with Gasteiger partial charge in [0.2, 0.25) is 0 Å². The standard InChI is InChI=1S/C18H13Cl2NO3/c19-13-6-14(20)8-15(7-13)21-9-10-1-2-11-5-17(22)16(18(23)24)4-12(11)3-10/h1-8,21-22H,9H2,(H,23,24). The van der Waals surface area contributed by atoms with E-state index in [1.807, 2.05) is 18.2 Å². The molecule has 4 nitrogen and oxygen atoms in total. The lowest BCUT2D eigenvalue weighted by molar-refractivity contribution is 0.0694. The van der Waals surface area contributed by atoms with E-state index in [9.17, 15) is 9.90 Å². The van der Waals surface area contributed by atoms with Crippen molar-refractivity contribution in [3.63, 3.8) is 0 Å². The number of hydrogen-bond donors (Lipinski definition) is 3. The molecule has 0 atom stereocenters. The van der Waals surface area contributed by atoms with Crippen LogP contribution < -0.4 is 5.32 Å². The Balaban J connectivity index is 1.87. The maximum absolute atomic E-state index is 11.1. The molecule has 0 saturated heterocycles. The van der Waals surface area contributed by atoms with Crippen LogP contribution in [0.3, 0.4) is 0 Å². The zero-order chi connectivity index (χ0) is 17.3. The fourth-order valence-corrected chi connectivity index (χ4v) is 3.00. The minimum absolute atomic E-state index is 0.116. The van der Waals surface area contributed by atoms with E-state index < -0.39 is 5.97 Å². The summed E-state index contributed by atoms with van der Waals surface area (Å²) < 4.78 is 0. The number of halogens is 2. The van der Waals surface area contributed by atoms with Gasteiger partial charge in [0.1, 0.15) is 11.3 Å². The number of anilines is 1. The van der Waals surface area contributed by atoms with Crippen LogP contribution in [0.2, 0.25) is 10.0 Å². The molecule has 0 aromatic heterocycles. The Bertz CT molecular complexity index is 921. The van der Waals surface area contributed by atoms with E-state index in [1.54, 1.807) is 18.2 Å². The molecule has 0 saturated carbocycles. The van der Waals surface area contributed by atoms with Gasteiger partial charge in [0.05, 0.1) is 0 Å². The molecular formula is C18H13Cl2NO3. The predicted octanol–water partition coefficient (Wildman–Crippen LogP) is 5.16. The Morgan fingerprint density at radius 2 is 1.67 bits per heavy atom. The first-order chi connectivity index (χ1) is 11.4. The molecule has 0 aliphatic rings. The molecule has 24 heavy (non-hydrogen) atoms. The van der Waals surface area contributed by atoms with Crippen molar-refractivity contribution in [1.29, 1.82) is 0 Å². The molecule has 0 bridgehead atoms. The minimum atomic E-state index is -1.16. The molecule has 3 aromatic rings. The molecule has 0 aliphatic carbocycles. The van der Waals surface area contributed by atoms with Gasteiger partial charge in [0.25, 0.3) is 0 Å². The van der Waals surface area contributed by atoms with E-state index >= 15 is 0 Å². The monoisotopic (exact) mass is 361 g/mol. The van der Waals surface area contributed by atoms with Gasteiger partial charge in [-0.3, -0.25) is 0 Å². The van der Waals surface area contributed by atoms with E-state index in [4.69, 9.17) is 28.3 Å². The van der Waals surface area contributed by atoms with Gasteiger partial charge in [0.15, 0.2) is 0 Å². The topological polar surface area (TPSA) is 69.6 Å². The van der Waals surface area contributed by atoms with E-state index in [0.717, 1.165) is 22.0 Å². The number of aromatic carboxylic acids is 1. The van der Waals surface area contributed by atoms with Crippen LogP contribution in [0.1, 0.15) is 15.9 Å². The quantitative estimate of drug-likeness (QED) is 0.599. The average molecular weight is 362 g/mol. The average Bonchev–Trinajstić information content (AvgIpc) is 2.51. The Morgan fingerprint density at radius 3 is 2.33 bits per heavy atom. The van der Waals surface area contributed by atoms with Crippen molar-refractivity contribution in [2.75, 3.05) is 5.32 Å². The minimum Gasteiger partial charge on any atom is -0.507 e. The van der Waals surface area contributed by atoms with Crippen molar-refractivity contribution in [1.82, 2.24) is 0 Å². The number of carboxylic acids is 1. The van der Waals surface area contributed by atoms with Gasteiger partial charge in [-0.15, -0.1) is 0 Å². The summed E-state index contributed by atoms with van der Waals surface area (Å²) in [5, 5.41) is 24.7. The molecule has 0 unspecified atom stereocenters. The third kappa shape index (κ3) is 3.55. The number of carbonyl (C=O) groups is 1. The summed E-state index contributed by atoms with van der Waals surface area (Å²) in [6, 6.07) is 13.7. The highest BCUT2D eigenvalue weighted by molar-refractivity contribution is 6.35. The lowest BCUT2D eigenvalue weighted by Gasteiger charge is -2.09. The van der Waals surface area contributed by atoms with Gasteiger partial charge in [-0.2, -0.15) is 0 Å². The van der Waals surface area contributed by atoms with Crippen LogP contribution in [-0.2, 0) is 6.54 Å². The van der Waals surface area contributed by atoms with Crippen LogP contribution in [0.25, 0.3) is 10.8 Å². The fourth-order valence-electron chi connectivity index (χ4n) is 2.48. The van der Waals surface area contributed by atoms with Crippen LogP contribution in [0.4, 0.5) is 5.69 Å². The lowest BCUT2D eigenvalue weighted by Crippen LogP contribution is -2.00. The Morgan fingerprint density at radius 1 is 0.958 bits per heavy atom. The van der Waals surface area contributed by atoms with Gasteiger partial charge in [-0.25, -0.2) is 4.79 Å². The Hall–Kier alpha value is -2.43. The molecule has 0 fully saturated rings. The highest BCUT2D eigenvalue weighted by atomic mass is 35.5. The smallest absolute Gasteiger partial charge is 0.339 e.